The fourth-order valence-electron chi connectivity index (χ4n) is 3.24. The van der Waals surface area contributed by atoms with Gasteiger partial charge in [0.1, 0.15) is 10.8 Å². The van der Waals surface area contributed by atoms with Crippen LogP contribution in [0.1, 0.15) is 12.8 Å². The van der Waals surface area contributed by atoms with Gasteiger partial charge in [-0.05, 0) is 60.9 Å². The monoisotopic (exact) mass is 454 g/mol. The van der Waals surface area contributed by atoms with E-state index in [4.69, 9.17) is 37.9 Å². The second kappa shape index (κ2) is 9.62. The van der Waals surface area contributed by atoms with E-state index in [0.717, 1.165) is 57.1 Å². The summed E-state index contributed by atoms with van der Waals surface area (Å²) in [6, 6.07) is 15.6. The Morgan fingerprint density at radius 1 is 1.06 bits per heavy atom. The fourth-order valence-corrected chi connectivity index (χ4v) is 4.41. The van der Waals surface area contributed by atoms with Crippen molar-refractivity contribution < 1.29 is 9.84 Å². The zero-order valence-corrected chi connectivity index (χ0v) is 18.4. The molecule has 0 amide bonds. The molecule has 3 heterocycles. The third-order valence-corrected chi connectivity index (χ3v) is 6.26. The average Bonchev–Trinajstić information content (AvgIpc) is 3.20. The number of thiazole rings is 1. The quantitative estimate of drug-likeness (QED) is 0.368. The molecule has 5 N–H and O–H groups in total. The van der Waals surface area contributed by atoms with Crippen molar-refractivity contribution in [1.29, 1.82) is 0 Å². The molecule has 2 aromatic heterocycles. The summed E-state index contributed by atoms with van der Waals surface area (Å²) in [6.45, 7) is 1.37. The summed E-state index contributed by atoms with van der Waals surface area (Å²) in [4.78, 5) is 8.74. The van der Waals surface area contributed by atoms with Gasteiger partial charge in [0.05, 0.1) is 28.0 Å². The van der Waals surface area contributed by atoms with E-state index < -0.39 is 0 Å². The number of hydrogen-bond acceptors (Lipinski definition) is 7. The molecule has 1 aliphatic heterocycles. The first-order valence-electron chi connectivity index (χ1n) is 9.93. The smallest absolute Gasteiger partial charge is 0.124 e. The highest BCUT2D eigenvalue weighted by molar-refractivity contribution is 7.21. The number of fused-ring (bicyclic) bond motifs is 1. The predicted octanol–water partition coefficient (Wildman–Crippen LogP) is 5.00. The van der Waals surface area contributed by atoms with Crippen molar-refractivity contribution in [3.8, 4) is 21.7 Å². The van der Waals surface area contributed by atoms with Gasteiger partial charge in [-0.15, -0.1) is 11.3 Å². The molecule has 1 atom stereocenters. The Labute approximate surface area is 189 Å². The maximum Gasteiger partial charge on any atom is 0.124 e. The van der Waals surface area contributed by atoms with Gasteiger partial charge in [-0.3, -0.25) is 0 Å². The van der Waals surface area contributed by atoms with E-state index in [9.17, 15) is 0 Å². The highest BCUT2D eigenvalue weighted by Crippen LogP contribution is 2.35. The minimum atomic E-state index is -0.186. The van der Waals surface area contributed by atoms with Gasteiger partial charge in [0.2, 0.25) is 0 Å². The number of benzene rings is 2. The number of nitrogen functional groups attached to an aromatic ring is 2. The molecule has 1 saturated heterocycles. The summed E-state index contributed by atoms with van der Waals surface area (Å²) in [5.74, 6) is 0.440. The molecule has 0 saturated carbocycles. The Kier molecular flexibility index (Phi) is 6.67. The lowest BCUT2D eigenvalue weighted by Gasteiger charge is -2.15. The lowest BCUT2D eigenvalue weighted by atomic mass is 10.1. The number of halogens is 1. The highest BCUT2D eigenvalue weighted by atomic mass is 35.5. The Hall–Kier alpha value is -2.71. The molecule has 1 fully saturated rings. The van der Waals surface area contributed by atoms with Crippen molar-refractivity contribution in [2.24, 2.45) is 0 Å². The van der Waals surface area contributed by atoms with Gasteiger partial charge in [-0.25, -0.2) is 9.97 Å². The molecule has 0 spiro atoms. The third-order valence-electron chi connectivity index (χ3n) is 4.87. The van der Waals surface area contributed by atoms with E-state index in [-0.39, 0.29) is 6.10 Å². The topological polar surface area (TPSA) is 107 Å². The second-order valence-corrected chi connectivity index (χ2v) is 8.72. The maximum atomic E-state index is 8.78. The van der Waals surface area contributed by atoms with Crippen molar-refractivity contribution in [3.63, 3.8) is 0 Å². The standard InChI is InChI=1S/C18H13ClN4S.C5H10O2/c19-14-9-22-17(21)8-13(14)11-3-6-16-15(7-11)23-18(24-16)10-1-4-12(20)5-2-10;6-5-2-1-3-7-4-5/h1-9H,20H2,(H2,21,22);5-6H,1-4H2. The van der Waals surface area contributed by atoms with Gasteiger partial charge in [0.25, 0.3) is 0 Å². The molecule has 4 aromatic rings. The van der Waals surface area contributed by atoms with Crippen molar-refractivity contribution >= 4 is 44.7 Å². The first kappa shape index (κ1) is 21.5. The van der Waals surface area contributed by atoms with Crippen LogP contribution in [-0.4, -0.2) is 34.4 Å². The van der Waals surface area contributed by atoms with E-state index in [1.54, 1.807) is 23.6 Å². The molecule has 0 aliphatic carbocycles. The molecule has 8 heteroatoms. The molecule has 5 rings (SSSR count). The third kappa shape index (κ3) is 5.32. The maximum absolute atomic E-state index is 8.78. The van der Waals surface area contributed by atoms with E-state index in [2.05, 4.69) is 11.1 Å². The second-order valence-electron chi connectivity index (χ2n) is 7.28. The number of aliphatic hydroxyl groups excluding tert-OH is 1. The number of anilines is 2. The zero-order chi connectivity index (χ0) is 21.8. The van der Waals surface area contributed by atoms with E-state index in [1.165, 1.54) is 0 Å². The first-order valence-corrected chi connectivity index (χ1v) is 11.1. The number of nitrogens with two attached hydrogens (primary N) is 2. The molecule has 1 unspecified atom stereocenters. The van der Waals surface area contributed by atoms with E-state index in [0.29, 0.717) is 17.4 Å². The van der Waals surface area contributed by atoms with Gasteiger partial charge in [0.15, 0.2) is 0 Å². The molecule has 31 heavy (non-hydrogen) atoms. The molecule has 0 radical (unpaired) electrons. The van der Waals surface area contributed by atoms with Crippen LogP contribution in [0.15, 0.2) is 54.7 Å². The Bertz CT molecular complexity index is 1170. The summed E-state index contributed by atoms with van der Waals surface area (Å²) in [7, 11) is 0. The minimum absolute atomic E-state index is 0.186. The van der Waals surface area contributed by atoms with Crippen LogP contribution in [-0.2, 0) is 4.74 Å². The van der Waals surface area contributed by atoms with Gasteiger partial charge >= 0.3 is 0 Å². The molecule has 2 aromatic carbocycles. The van der Waals surface area contributed by atoms with Crippen LogP contribution in [0.4, 0.5) is 11.5 Å². The number of hydrogen-bond donors (Lipinski definition) is 3. The van der Waals surface area contributed by atoms with Gasteiger partial charge in [-0.1, -0.05) is 17.7 Å². The number of aromatic nitrogens is 2. The number of rotatable bonds is 2. The van der Waals surface area contributed by atoms with E-state index in [1.807, 2.05) is 36.4 Å². The SMILES string of the molecule is Nc1ccc(-c2nc3cc(-c4cc(N)ncc4Cl)ccc3s2)cc1.OC1CCCOC1. The normalized spacial score (nSPS) is 16.0. The Morgan fingerprint density at radius 2 is 1.84 bits per heavy atom. The fraction of sp³-hybridized carbons (Fsp3) is 0.217. The predicted molar refractivity (Wildman–Crippen MR) is 128 cm³/mol. The van der Waals surface area contributed by atoms with Crippen molar-refractivity contribution in [2.45, 2.75) is 18.9 Å². The van der Waals surface area contributed by atoms with Crippen molar-refractivity contribution in [1.82, 2.24) is 9.97 Å². The van der Waals surface area contributed by atoms with Gasteiger partial charge in [0, 0.05) is 29.6 Å². The van der Waals surface area contributed by atoms with Crippen molar-refractivity contribution in [2.75, 3.05) is 24.7 Å². The molecule has 0 bridgehead atoms. The van der Waals surface area contributed by atoms with Crippen LogP contribution in [0.25, 0.3) is 31.9 Å². The summed E-state index contributed by atoms with van der Waals surface area (Å²) in [6.07, 6.45) is 3.31. The summed E-state index contributed by atoms with van der Waals surface area (Å²) in [5, 5.41) is 10.3. The van der Waals surface area contributed by atoms with Crippen LogP contribution < -0.4 is 11.5 Å². The molecule has 6 nitrogen and oxygen atoms in total. The largest absolute Gasteiger partial charge is 0.399 e. The van der Waals surface area contributed by atoms with Gasteiger partial charge in [-0.2, -0.15) is 0 Å². The summed E-state index contributed by atoms with van der Waals surface area (Å²) in [5.41, 5.74) is 16.1. The number of pyridine rings is 1. The molecule has 1 aliphatic rings. The number of aliphatic hydroxyl groups is 1. The van der Waals surface area contributed by atoms with Crippen LogP contribution in [0.2, 0.25) is 5.02 Å². The first-order chi connectivity index (χ1) is 15.0. The zero-order valence-electron chi connectivity index (χ0n) is 16.8. The minimum Gasteiger partial charge on any atom is -0.399 e. The van der Waals surface area contributed by atoms with Crippen LogP contribution in [0.5, 0.6) is 0 Å². The number of nitrogens with zero attached hydrogens (tertiary/aromatic N) is 2. The summed E-state index contributed by atoms with van der Waals surface area (Å²) < 4.78 is 6.05. The number of ether oxygens (including phenoxy) is 1. The van der Waals surface area contributed by atoms with Crippen LogP contribution in [0.3, 0.4) is 0 Å². The molecule has 160 valence electrons. The van der Waals surface area contributed by atoms with E-state index >= 15 is 0 Å². The molecular weight excluding hydrogens is 432 g/mol. The lowest BCUT2D eigenvalue weighted by molar-refractivity contribution is -0.00535. The van der Waals surface area contributed by atoms with Crippen LogP contribution in [0, 0.1) is 0 Å². The van der Waals surface area contributed by atoms with Crippen molar-refractivity contribution in [3.05, 3.63) is 59.8 Å². The highest BCUT2D eigenvalue weighted by Gasteiger charge is 2.10. The Morgan fingerprint density at radius 3 is 2.52 bits per heavy atom. The summed E-state index contributed by atoms with van der Waals surface area (Å²) >= 11 is 7.90. The average molecular weight is 455 g/mol. The Balaban J connectivity index is 0.000000282. The lowest BCUT2D eigenvalue weighted by Crippen LogP contribution is -2.21. The van der Waals surface area contributed by atoms with Crippen LogP contribution >= 0.6 is 22.9 Å². The molecular formula is C23H23ClN4O2S. The van der Waals surface area contributed by atoms with Gasteiger partial charge < -0.3 is 21.3 Å².